The molecule has 39 heavy (non-hydrogen) atoms. The van der Waals surface area contributed by atoms with Crippen LogP contribution >= 0.6 is 11.6 Å². The minimum Gasteiger partial charge on any atom is -0.369 e. The number of aromatic nitrogens is 4. The first-order valence-electron chi connectivity index (χ1n) is 12.4. The lowest BCUT2D eigenvalue weighted by molar-refractivity contribution is 0.0989. The van der Waals surface area contributed by atoms with E-state index in [0.29, 0.717) is 40.9 Å². The van der Waals surface area contributed by atoms with E-state index in [0.717, 1.165) is 14.8 Å². The van der Waals surface area contributed by atoms with Gasteiger partial charge in [-0.2, -0.15) is 4.68 Å². The molecular formula is C30H26ClFN4O3. The van der Waals surface area contributed by atoms with Crippen molar-refractivity contribution < 1.29 is 9.13 Å². The van der Waals surface area contributed by atoms with Crippen molar-refractivity contribution in [3.8, 4) is 11.5 Å². The van der Waals surface area contributed by atoms with Gasteiger partial charge in [0, 0.05) is 17.5 Å². The molecule has 2 heterocycles. The first-order valence-corrected chi connectivity index (χ1v) is 12.8. The van der Waals surface area contributed by atoms with Gasteiger partial charge in [-0.15, -0.1) is 5.10 Å². The molecule has 9 heteroatoms. The fraction of sp³-hybridized carbons (Fsp3) is 0.167. The van der Waals surface area contributed by atoms with E-state index in [2.05, 4.69) is 11.7 Å². The fourth-order valence-corrected chi connectivity index (χ4v) is 4.95. The summed E-state index contributed by atoms with van der Waals surface area (Å²) >= 11 is 6.45. The summed E-state index contributed by atoms with van der Waals surface area (Å²) in [6.07, 6.45) is 0. The SMILES string of the molecule is C=C(C)c1c(-n2nc(COCc3ccccc3)n(CC)c2=O)n(-c2c(F)cccc2Cl)c(=O)c2ccccc12. The minimum atomic E-state index is -0.719. The number of pyridine rings is 1. The van der Waals surface area contributed by atoms with E-state index < -0.39 is 17.1 Å². The molecule has 0 atom stereocenters. The van der Waals surface area contributed by atoms with E-state index in [-0.39, 0.29) is 23.1 Å². The van der Waals surface area contributed by atoms with Gasteiger partial charge in [0.05, 0.1) is 11.6 Å². The summed E-state index contributed by atoms with van der Waals surface area (Å²) in [5.41, 5.74) is 0.787. The molecular weight excluding hydrogens is 519 g/mol. The van der Waals surface area contributed by atoms with Crippen LogP contribution in [-0.2, 0) is 24.5 Å². The van der Waals surface area contributed by atoms with Gasteiger partial charge >= 0.3 is 5.69 Å². The summed E-state index contributed by atoms with van der Waals surface area (Å²) < 4.78 is 24.9. The van der Waals surface area contributed by atoms with Crippen LogP contribution in [0.15, 0.2) is 89.0 Å². The molecule has 5 aromatic rings. The first-order chi connectivity index (χ1) is 18.8. The Hall–Kier alpha value is -4.27. The van der Waals surface area contributed by atoms with Crippen molar-refractivity contribution in [2.75, 3.05) is 0 Å². The smallest absolute Gasteiger partial charge is 0.352 e. The van der Waals surface area contributed by atoms with Gasteiger partial charge in [0.25, 0.3) is 5.56 Å². The van der Waals surface area contributed by atoms with Crippen molar-refractivity contribution in [2.45, 2.75) is 33.6 Å². The van der Waals surface area contributed by atoms with E-state index in [1.54, 1.807) is 31.2 Å². The van der Waals surface area contributed by atoms with Gasteiger partial charge in [-0.05, 0) is 48.6 Å². The lowest BCUT2D eigenvalue weighted by atomic mass is 10.0. The van der Waals surface area contributed by atoms with Crippen molar-refractivity contribution >= 4 is 27.9 Å². The first kappa shape index (κ1) is 26.3. The van der Waals surface area contributed by atoms with Crippen LogP contribution in [0.4, 0.5) is 4.39 Å². The van der Waals surface area contributed by atoms with Gasteiger partial charge in [0.15, 0.2) is 11.6 Å². The molecule has 3 aromatic carbocycles. The van der Waals surface area contributed by atoms with Crippen molar-refractivity contribution in [1.82, 2.24) is 18.9 Å². The van der Waals surface area contributed by atoms with E-state index in [1.807, 2.05) is 37.3 Å². The maximum atomic E-state index is 15.3. The zero-order valence-electron chi connectivity index (χ0n) is 21.5. The van der Waals surface area contributed by atoms with Gasteiger partial charge < -0.3 is 4.74 Å². The van der Waals surface area contributed by atoms with Gasteiger partial charge in [0.2, 0.25) is 0 Å². The monoisotopic (exact) mass is 544 g/mol. The number of para-hydroxylation sites is 1. The molecule has 2 aromatic heterocycles. The highest BCUT2D eigenvalue weighted by Crippen LogP contribution is 2.32. The molecule has 0 bridgehead atoms. The van der Waals surface area contributed by atoms with Crippen molar-refractivity contribution in [1.29, 1.82) is 0 Å². The number of fused-ring (bicyclic) bond motifs is 1. The Morgan fingerprint density at radius 3 is 2.33 bits per heavy atom. The largest absolute Gasteiger partial charge is 0.369 e. The topological polar surface area (TPSA) is 71.0 Å². The van der Waals surface area contributed by atoms with Crippen molar-refractivity contribution in [3.63, 3.8) is 0 Å². The molecule has 0 radical (unpaired) electrons. The molecule has 0 saturated carbocycles. The normalized spacial score (nSPS) is 11.3. The maximum Gasteiger partial charge on any atom is 0.352 e. The highest BCUT2D eigenvalue weighted by Gasteiger charge is 2.26. The molecule has 0 saturated heterocycles. The minimum absolute atomic E-state index is 0.00990. The Morgan fingerprint density at radius 1 is 0.974 bits per heavy atom. The van der Waals surface area contributed by atoms with Crippen LogP contribution in [0.25, 0.3) is 27.9 Å². The summed E-state index contributed by atoms with van der Waals surface area (Å²) in [6.45, 7) is 8.37. The second-order valence-corrected chi connectivity index (χ2v) is 9.48. The van der Waals surface area contributed by atoms with Gasteiger partial charge in [0.1, 0.15) is 18.1 Å². The van der Waals surface area contributed by atoms with Crippen LogP contribution < -0.4 is 11.2 Å². The molecule has 0 fully saturated rings. The number of benzene rings is 3. The second-order valence-electron chi connectivity index (χ2n) is 9.07. The summed E-state index contributed by atoms with van der Waals surface area (Å²) in [4.78, 5) is 27.7. The third-order valence-corrected chi connectivity index (χ3v) is 6.76. The van der Waals surface area contributed by atoms with Gasteiger partial charge in [-0.25, -0.2) is 9.18 Å². The fourth-order valence-electron chi connectivity index (χ4n) is 4.70. The molecule has 0 spiro atoms. The number of hydrogen-bond acceptors (Lipinski definition) is 4. The number of nitrogens with zero attached hydrogens (tertiary/aromatic N) is 4. The third-order valence-electron chi connectivity index (χ3n) is 6.45. The molecule has 0 amide bonds. The Bertz CT molecular complexity index is 1800. The van der Waals surface area contributed by atoms with E-state index in [1.165, 1.54) is 22.8 Å². The predicted octanol–water partition coefficient (Wildman–Crippen LogP) is 5.90. The molecule has 0 aliphatic heterocycles. The molecule has 0 N–H and O–H groups in total. The molecule has 7 nitrogen and oxygen atoms in total. The lowest BCUT2D eigenvalue weighted by Crippen LogP contribution is -2.32. The Balaban J connectivity index is 1.79. The van der Waals surface area contributed by atoms with E-state index >= 15 is 4.39 Å². The summed E-state index contributed by atoms with van der Waals surface area (Å²) in [5, 5.41) is 5.49. The van der Waals surface area contributed by atoms with Crippen LogP contribution in [0, 0.1) is 5.82 Å². The zero-order valence-corrected chi connectivity index (χ0v) is 22.3. The van der Waals surface area contributed by atoms with E-state index in [9.17, 15) is 9.59 Å². The Kier molecular flexibility index (Phi) is 7.32. The molecule has 0 unspecified atom stereocenters. The van der Waals surface area contributed by atoms with Crippen LogP contribution in [-0.4, -0.2) is 18.9 Å². The van der Waals surface area contributed by atoms with Crippen LogP contribution in [0.1, 0.15) is 30.8 Å². The number of ether oxygens (including phenoxy) is 1. The van der Waals surface area contributed by atoms with Crippen molar-refractivity contribution in [2.24, 2.45) is 0 Å². The average Bonchev–Trinajstić information content (AvgIpc) is 3.24. The van der Waals surface area contributed by atoms with Gasteiger partial charge in [-0.1, -0.05) is 72.8 Å². The molecule has 198 valence electrons. The van der Waals surface area contributed by atoms with Crippen LogP contribution in [0.3, 0.4) is 0 Å². The predicted molar refractivity (Wildman–Crippen MR) is 151 cm³/mol. The molecule has 0 aliphatic carbocycles. The summed E-state index contributed by atoms with van der Waals surface area (Å²) in [6, 6.07) is 20.7. The Morgan fingerprint density at radius 2 is 1.67 bits per heavy atom. The Labute approximate surface area is 229 Å². The molecule has 5 rings (SSSR count). The highest BCUT2D eigenvalue weighted by molar-refractivity contribution is 6.32. The zero-order chi connectivity index (χ0) is 27.7. The maximum absolute atomic E-state index is 15.3. The highest BCUT2D eigenvalue weighted by atomic mass is 35.5. The standard InChI is InChI=1S/C30H26ClFN4O3/c1-4-34-25(18-39-17-20-11-6-5-7-12-20)33-36(30(34)38)28-26(19(2)3)21-13-8-9-14-22(21)29(37)35(28)27-23(31)15-10-16-24(27)32/h5-16H,2,4,17-18H2,1,3H3. The number of hydrogen-bond donors (Lipinski definition) is 0. The summed E-state index contributed by atoms with van der Waals surface area (Å²) in [7, 11) is 0. The second kappa shape index (κ2) is 10.8. The van der Waals surface area contributed by atoms with Gasteiger partial charge in [-0.3, -0.25) is 13.9 Å². The third kappa shape index (κ3) is 4.73. The molecule has 0 aliphatic rings. The number of halogens is 2. The van der Waals surface area contributed by atoms with Crippen molar-refractivity contribution in [3.05, 3.63) is 128 Å². The quantitative estimate of drug-likeness (QED) is 0.244. The number of allylic oxidation sites excluding steroid dienone is 1. The summed E-state index contributed by atoms with van der Waals surface area (Å²) in [5.74, 6) is -0.305. The van der Waals surface area contributed by atoms with E-state index in [4.69, 9.17) is 16.3 Å². The average molecular weight is 545 g/mol. The van der Waals surface area contributed by atoms with Crippen LogP contribution in [0.2, 0.25) is 5.02 Å². The number of rotatable bonds is 8. The van der Waals surface area contributed by atoms with Crippen LogP contribution in [0.5, 0.6) is 0 Å². The lowest BCUT2D eigenvalue weighted by Gasteiger charge is -2.20.